The second kappa shape index (κ2) is 4.90. The maximum absolute atomic E-state index is 14.0. The summed E-state index contributed by atoms with van der Waals surface area (Å²) in [5.41, 5.74) is 1.63. The fourth-order valence-corrected chi connectivity index (χ4v) is 3.43. The van der Waals surface area contributed by atoms with Crippen LogP contribution in [0.25, 0.3) is 0 Å². The number of aryl methyl sites for hydroxylation is 1. The van der Waals surface area contributed by atoms with E-state index in [-0.39, 0.29) is 17.2 Å². The molecular formula is C13H11F2N3OS. The zero-order valence-corrected chi connectivity index (χ0v) is 11.4. The highest BCUT2D eigenvalue weighted by atomic mass is 32.2. The second-order valence-corrected chi connectivity index (χ2v) is 5.61. The van der Waals surface area contributed by atoms with Gasteiger partial charge in [0, 0.05) is 16.8 Å². The normalized spacial score (nSPS) is 18.4. The third kappa shape index (κ3) is 2.18. The second-order valence-electron chi connectivity index (χ2n) is 4.52. The minimum Gasteiger partial charge on any atom is -0.308 e. The van der Waals surface area contributed by atoms with Gasteiger partial charge in [-0.2, -0.15) is 5.10 Å². The van der Waals surface area contributed by atoms with Crippen LogP contribution in [0, 0.1) is 18.6 Å². The van der Waals surface area contributed by atoms with Crippen LogP contribution in [0.1, 0.15) is 22.1 Å². The van der Waals surface area contributed by atoms with Crippen molar-refractivity contribution in [3.63, 3.8) is 0 Å². The van der Waals surface area contributed by atoms with Crippen molar-refractivity contribution in [2.24, 2.45) is 0 Å². The highest BCUT2D eigenvalue weighted by Crippen LogP contribution is 2.43. The first-order chi connectivity index (χ1) is 9.56. The molecule has 1 aliphatic rings. The molecule has 0 spiro atoms. The average Bonchev–Trinajstić information content (AvgIpc) is 2.67. The van der Waals surface area contributed by atoms with E-state index < -0.39 is 16.9 Å². The van der Waals surface area contributed by atoms with Gasteiger partial charge in [-0.25, -0.2) is 8.78 Å². The summed E-state index contributed by atoms with van der Waals surface area (Å²) in [7, 11) is 0. The van der Waals surface area contributed by atoms with Crippen molar-refractivity contribution in [1.29, 1.82) is 0 Å². The van der Waals surface area contributed by atoms with Crippen molar-refractivity contribution < 1.29 is 13.6 Å². The highest BCUT2D eigenvalue weighted by molar-refractivity contribution is 8.00. The summed E-state index contributed by atoms with van der Waals surface area (Å²) < 4.78 is 27.4. The number of amides is 1. The molecular weight excluding hydrogens is 284 g/mol. The van der Waals surface area contributed by atoms with Gasteiger partial charge >= 0.3 is 0 Å². The van der Waals surface area contributed by atoms with Crippen LogP contribution in [0.3, 0.4) is 0 Å². The number of nitrogens with one attached hydrogen (secondary N) is 2. The number of nitrogens with zero attached hydrogens (tertiary/aromatic N) is 1. The van der Waals surface area contributed by atoms with E-state index in [1.54, 1.807) is 6.92 Å². The lowest BCUT2D eigenvalue weighted by Crippen LogP contribution is -2.12. The molecule has 0 bridgehead atoms. The topological polar surface area (TPSA) is 57.8 Å². The molecule has 3 rings (SSSR count). The number of aromatic amines is 1. The number of halogens is 2. The quantitative estimate of drug-likeness (QED) is 0.850. The zero-order valence-electron chi connectivity index (χ0n) is 10.5. The van der Waals surface area contributed by atoms with Gasteiger partial charge in [0.25, 0.3) is 0 Å². The van der Waals surface area contributed by atoms with Gasteiger partial charge in [0.1, 0.15) is 11.6 Å². The number of anilines is 1. The van der Waals surface area contributed by atoms with Gasteiger partial charge < -0.3 is 5.32 Å². The number of carbonyl (C=O) groups excluding carboxylic acids is 1. The van der Waals surface area contributed by atoms with E-state index in [0.29, 0.717) is 11.4 Å². The molecule has 7 heteroatoms. The standard InChI is InChI=1S/C13H11F2N3OS/c1-6-11-12(8-4-7(14)2-3-9(8)15)20-5-10(19)16-13(11)18-17-6/h2-4,12H,5H2,1H3,(H2,16,17,18,19)/t12-/m1/s1. The lowest BCUT2D eigenvalue weighted by atomic mass is 10.0. The molecule has 1 aromatic heterocycles. The number of thioether (sulfide) groups is 1. The molecule has 4 nitrogen and oxygen atoms in total. The van der Waals surface area contributed by atoms with Crippen LogP contribution in [0.4, 0.5) is 14.6 Å². The van der Waals surface area contributed by atoms with Crippen molar-refractivity contribution in [3.05, 3.63) is 46.7 Å². The van der Waals surface area contributed by atoms with E-state index in [0.717, 1.165) is 17.8 Å². The number of rotatable bonds is 1. The van der Waals surface area contributed by atoms with Crippen LogP contribution in [0.15, 0.2) is 18.2 Å². The smallest absolute Gasteiger partial charge is 0.235 e. The van der Waals surface area contributed by atoms with Crippen molar-refractivity contribution in [1.82, 2.24) is 10.2 Å². The Balaban J connectivity index is 2.15. The number of H-pyrrole nitrogens is 1. The van der Waals surface area contributed by atoms with E-state index in [1.807, 2.05) is 0 Å². The Hall–Kier alpha value is -1.89. The minimum atomic E-state index is -0.506. The van der Waals surface area contributed by atoms with Crippen molar-refractivity contribution in [2.45, 2.75) is 12.2 Å². The summed E-state index contributed by atoms with van der Waals surface area (Å²) in [6.07, 6.45) is 0. The van der Waals surface area contributed by atoms with Crippen LogP contribution in [-0.4, -0.2) is 21.9 Å². The zero-order chi connectivity index (χ0) is 14.3. The van der Waals surface area contributed by atoms with Gasteiger partial charge in [-0.3, -0.25) is 9.89 Å². The Labute approximate surface area is 118 Å². The Bertz CT molecular complexity index is 686. The van der Waals surface area contributed by atoms with Crippen molar-refractivity contribution in [3.8, 4) is 0 Å². The first-order valence-electron chi connectivity index (χ1n) is 5.97. The molecule has 1 aliphatic heterocycles. The third-order valence-corrected chi connectivity index (χ3v) is 4.39. The van der Waals surface area contributed by atoms with Gasteiger partial charge in [0.15, 0.2) is 5.82 Å². The lowest BCUT2D eigenvalue weighted by molar-refractivity contribution is -0.113. The summed E-state index contributed by atoms with van der Waals surface area (Å²) in [6.45, 7) is 1.79. The maximum atomic E-state index is 14.0. The van der Waals surface area contributed by atoms with Gasteiger partial charge in [-0.1, -0.05) is 0 Å². The Kier molecular flexibility index (Phi) is 3.21. The molecule has 20 heavy (non-hydrogen) atoms. The molecule has 1 atom stereocenters. The largest absolute Gasteiger partial charge is 0.308 e. The van der Waals surface area contributed by atoms with Gasteiger partial charge in [0.05, 0.1) is 11.0 Å². The van der Waals surface area contributed by atoms with Crippen molar-refractivity contribution >= 4 is 23.5 Å². The number of aromatic nitrogens is 2. The Morgan fingerprint density at radius 3 is 3.00 bits per heavy atom. The first-order valence-corrected chi connectivity index (χ1v) is 7.02. The molecule has 2 aromatic rings. The third-order valence-electron chi connectivity index (χ3n) is 3.14. The van der Waals surface area contributed by atoms with Crippen LogP contribution in [0.5, 0.6) is 0 Å². The molecule has 0 saturated carbocycles. The first kappa shape index (κ1) is 13.1. The molecule has 2 heterocycles. The molecule has 0 saturated heterocycles. The molecule has 1 amide bonds. The Morgan fingerprint density at radius 2 is 2.20 bits per heavy atom. The molecule has 2 N–H and O–H groups in total. The summed E-state index contributed by atoms with van der Waals surface area (Å²) >= 11 is 1.25. The van der Waals surface area contributed by atoms with Gasteiger partial charge in [-0.05, 0) is 25.1 Å². The predicted molar refractivity (Wildman–Crippen MR) is 72.6 cm³/mol. The summed E-state index contributed by atoms with van der Waals surface area (Å²) in [5, 5.41) is 8.96. The number of fused-ring (bicyclic) bond motifs is 1. The van der Waals surface area contributed by atoms with Crippen LogP contribution in [-0.2, 0) is 4.79 Å². The molecule has 104 valence electrons. The monoisotopic (exact) mass is 295 g/mol. The number of hydrogen-bond acceptors (Lipinski definition) is 3. The van der Waals surface area contributed by atoms with Crippen LogP contribution >= 0.6 is 11.8 Å². The fourth-order valence-electron chi connectivity index (χ4n) is 2.23. The van der Waals surface area contributed by atoms with Gasteiger partial charge in [0.2, 0.25) is 5.91 Å². The lowest BCUT2D eigenvalue weighted by Gasteiger charge is -2.15. The molecule has 0 unspecified atom stereocenters. The number of carbonyl (C=O) groups is 1. The van der Waals surface area contributed by atoms with Gasteiger partial charge in [-0.15, -0.1) is 11.8 Å². The van der Waals surface area contributed by atoms with E-state index in [1.165, 1.54) is 17.8 Å². The van der Waals surface area contributed by atoms with E-state index in [2.05, 4.69) is 15.5 Å². The average molecular weight is 295 g/mol. The molecule has 0 aliphatic carbocycles. The fraction of sp³-hybridized carbons (Fsp3) is 0.231. The minimum absolute atomic E-state index is 0.163. The molecule has 0 radical (unpaired) electrons. The van der Waals surface area contributed by atoms with E-state index >= 15 is 0 Å². The summed E-state index contributed by atoms with van der Waals surface area (Å²) in [5.74, 6) is -0.664. The summed E-state index contributed by atoms with van der Waals surface area (Å²) in [4.78, 5) is 11.6. The van der Waals surface area contributed by atoms with Crippen LogP contribution in [0.2, 0.25) is 0 Å². The maximum Gasteiger partial charge on any atom is 0.235 e. The van der Waals surface area contributed by atoms with E-state index in [4.69, 9.17) is 0 Å². The summed E-state index contributed by atoms with van der Waals surface area (Å²) in [6, 6.07) is 3.34. The number of benzene rings is 1. The molecule has 1 aromatic carbocycles. The Morgan fingerprint density at radius 1 is 1.40 bits per heavy atom. The predicted octanol–water partition coefficient (Wildman–Crippen LogP) is 2.77. The SMILES string of the molecule is Cc1[nH]nc2c1[C@@H](c1cc(F)ccc1F)SCC(=O)N2. The highest BCUT2D eigenvalue weighted by Gasteiger charge is 2.30. The number of hydrogen-bond donors (Lipinski definition) is 2. The van der Waals surface area contributed by atoms with Crippen LogP contribution < -0.4 is 5.32 Å². The van der Waals surface area contributed by atoms with E-state index in [9.17, 15) is 13.6 Å². The molecule has 0 fully saturated rings. The van der Waals surface area contributed by atoms with Crippen molar-refractivity contribution in [2.75, 3.05) is 11.1 Å².